The maximum atomic E-state index is 5.41. The van der Waals surface area contributed by atoms with E-state index in [9.17, 15) is 0 Å². The van der Waals surface area contributed by atoms with Crippen molar-refractivity contribution >= 4 is 40.3 Å². The number of rotatable bonds is 5. The third-order valence-electron chi connectivity index (χ3n) is 10.8. The van der Waals surface area contributed by atoms with Crippen molar-refractivity contribution in [3.63, 3.8) is 0 Å². The summed E-state index contributed by atoms with van der Waals surface area (Å²) in [4.78, 5) is 10.8. The molecule has 7 aromatic carbocycles. The molecule has 0 unspecified atom stereocenters. The molecule has 9 aromatic rings. The van der Waals surface area contributed by atoms with Crippen molar-refractivity contribution in [2.45, 2.75) is 13.1 Å². The lowest BCUT2D eigenvalue weighted by Gasteiger charge is -2.21. The fourth-order valence-electron chi connectivity index (χ4n) is 8.37. The van der Waals surface area contributed by atoms with Crippen LogP contribution in [0.1, 0.15) is 0 Å². The van der Waals surface area contributed by atoms with Crippen LogP contribution >= 0.6 is 0 Å². The van der Waals surface area contributed by atoms with Crippen LogP contribution in [0.25, 0.3) is 83.6 Å². The van der Waals surface area contributed by atoms with Gasteiger partial charge in [0, 0.05) is 27.6 Å². The van der Waals surface area contributed by atoms with Gasteiger partial charge in [-0.2, -0.15) is 0 Å². The van der Waals surface area contributed by atoms with Gasteiger partial charge in [-0.3, -0.25) is 0 Å². The van der Waals surface area contributed by atoms with E-state index in [4.69, 9.17) is 9.97 Å². The lowest BCUT2D eigenvalue weighted by atomic mass is 9.97. The summed E-state index contributed by atoms with van der Waals surface area (Å²) < 4.78 is 2.41. The van der Waals surface area contributed by atoms with E-state index in [1.807, 2.05) is 0 Å². The predicted octanol–water partition coefficient (Wildman–Crippen LogP) is 11.0. The Balaban J connectivity index is 1.16. The minimum atomic E-state index is -2.03. The molecular formula is C48H35N3Si. The average molecular weight is 682 g/mol. The number of para-hydroxylation sites is 1. The van der Waals surface area contributed by atoms with Crippen LogP contribution in [0.3, 0.4) is 0 Å². The van der Waals surface area contributed by atoms with Crippen molar-refractivity contribution < 1.29 is 0 Å². The second-order valence-electron chi connectivity index (χ2n) is 14.2. The molecule has 10 rings (SSSR count). The average Bonchev–Trinajstić information content (AvgIpc) is 3.67. The van der Waals surface area contributed by atoms with Gasteiger partial charge < -0.3 is 4.57 Å². The van der Waals surface area contributed by atoms with Crippen LogP contribution in [0.15, 0.2) is 176 Å². The molecule has 1 aliphatic heterocycles. The van der Waals surface area contributed by atoms with Crippen LogP contribution in [0.5, 0.6) is 0 Å². The Morgan fingerprint density at radius 2 is 1.04 bits per heavy atom. The van der Waals surface area contributed by atoms with E-state index in [-0.39, 0.29) is 0 Å². The Morgan fingerprint density at radius 1 is 0.442 bits per heavy atom. The third kappa shape index (κ3) is 4.72. The van der Waals surface area contributed by atoms with Crippen molar-refractivity contribution in [3.8, 4) is 61.8 Å². The summed E-state index contributed by atoms with van der Waals surface area (Å²) in [6.07, 6.45) is 0. The molecular weight excluding hydrogens is 647 g/mol. The minimum Gasteiger partial charge on any atom is -0.309 e. The molecule has 1 aliphatic rings. The standard InChI is InChI=1S/C48H35N3Si/c1-52(2)43-29-12-10-25-40(43)46-47(52)45(33-18-7-4-8-19-33)49-48(50-46)36-22-13-21-35(30-36)38-26-15-28-42-44(38)39-24-9-11-27-41(39)51(42)37-23-14-20-34(31-37)32-16-5-3-6-17-32/h3-31H,1-2H3. The highest BCUT2D eigenvalue weighted by Gasteiger charge is 2.41. The first-order valence-corrected chi connectivity index (χ1v) is 20.9. The Hall–Kier alpha value is -6.36. The summed E-state index contributed by atoms with van der Waals surface area (Å²) in [7, 11) is -2.03. The summed E-state index contributed by atoms with van der Waals surface area (Å²) in [5.74, 6) is 0.758. The van der Waals surface area contributed by atoms with E-state index >= 15 is 0 Å². The van der Waals surface area contributed by atoms with Crippen molar-refractivity contribution in [1.29, 1.82) is 0 Å². The first-order valence-electron chi connectivity index (χ1n) is 17.9. The minimum absolute atomic E-state index is 0.758. The molecule has 0 bridgehead atoms. The molecule has 52 heavy (non-hydrogen) atoms. The number of aromatic nitrogens is 3. The monoisotopic (exact) mass is 681 g/mol. The van der Waals surface area contributed by atoms with Crippen LogP contribution in [0.2, 0.25) is 13.1 Å². The smallest absolute Gasteiger partial charge is 0.160 e. The summed E-state index contributed by atoms with van der Waals surface area (Å²) in [6, 6.07) is 63.2. The molecule has 0 fully saturated rings. The van der Waals surface area contributed by atoms with E-state index in [0.717, 1.165) is 39.6 Å². The van der Waals surface area contributed by atoms with Crippen LogP contribution in [0, 0.1) is 0 Å². The SMILES string of the molecule is C[Si]1(C)c2ccccc2-c2nc(-c3cccc(-c4cccc5c4c4ccccc4n5-c4cccc(-c5ccccc5)c4)c3)nc(-c3ccccc3)c21. The molecule has 0 N–H and O–H groups in total. The molecule has 0 saturated carbocycles. The molecule has 0 radical (unpaired) electrons. The lowest BCUT2D eigenvalue weighted by molar-refractivity contribution is 1.18. The van der Waals surface area contributed by atoms with E-state index in [1.54, 1.807) is 0 Å². The first-order chi connectivity index (χ1) is 25.6. The van der Waals surface area contributed by atoms with Gasteiger partial charge in [0.05, 0.1) is 22.4 Å². The Labute approximate surface area is 304 Å². The molecule has 2 aromatic heterocycles. The zero-order chi connectivity index (χ0) is 34.8. The fraction of sp³-hybridized carbons (Fsp3) is 0.0417. The summed E-state index contributed by atoms with van der Waals surface area (Å²) >= 11 is 0. The van der Waals surface area contributed by atoms with Crippen molar-refractivity contribution in [3.05, 3.63) is 176 Å². The van der Waals surface area contributed by atoms with Gasteiger partial charge in [-0.1, -0.05) is 159 Å². The van der Waals surface area contributed by atoms with Crippen molar-refractivity contribution in [2.24, 2.45) is 0 Å². The first kappa shape index (κ1) is 30.5. The molecule has 0 saturated heterocycles. The normalized spacial score (nSPS) is 13.0. The number of hydrogen-bond donors (Lipinski definition) is 0. The summed E-state index contributed by atoms with van der Waals surface area (Å²) in [6.45, 7) is 4.87. The van der Waals surface area contributed by atoms with Gasteiger partial charge in [0.2, 0.25) is 0 Å². The van der Waals surface area contributed by atoms with Crippen molar-refractivity contribution in [1.82, 2.24) is 14.5 Å². The Bertz CT molecular complexity index is 2820. The Kier molecular flexibility index (Phi) is 6.95. The quantitative estimate of drug-likeness (QED) is 0.169. The van der Waals surface area contributed by atoms with Crippen LogP contribution in [-0.2, 0) is 0 Å². The lowest BCUT2D eigenvalue weighted by Crippen LogP contribution is -2.50. The highest BCUT2D eigenvalue weighted by atomic mass is 28.3. The van der Waals surface area contributed by atoms with E-state index in [0.29, 0.717) is 0 Å². The van der Waals surface area contributed by atoms with Crippen LogP contribution in [-0.4, -0.2) is 22.6 Å². The topological polar surface area (TPSA) is 30.7 Å². The molecule has 0 atom stereocenters. The van der Waals surface area contributed by atoms with Gasteiger partial charge in [-0.15, -0.1) is 0 Å². The van der Waals surface area contributed by atoms with Crippen LogP contribution < -0.4 is 10.4 Å². The maximum Gasteiger partial charge on any atom is 0.160 e. The molecule has 0 aliphatic carbocycles. The Morgan fingerprint density at radius 3 is 1.88 bits per heavy atom. The zero-order valence-corrected chi connectivity index (χ0v) is 30.1. The van der Waals surface area contributed by atoms with E-state index < -0.39 is 8.07 Å². The fourth-order valence-corrected chi connectivity index (χ4v) is 11.6. The predicted molar refractivity (Wildman–Crippen MR) is 220 cm³/mol. The number of benzene rings is 7. The van der Waals surface area contributed by atoms with E-state index in [1.165, 1.54) is 54.4 Å². The molecule has 0 spiro atoms. The van der Waals surface area contributed by atoms with Gasteiger partial charge in [0.25, 0.3) is 0 Å². The number of fused-ring (bicyclic) bond motifs is 6. The second-order valence-corrected chi connectivity index (χ2v) is 18.5. The summed E-state index contributed by atoms with van der Waals surface area (Å²) in [5, 5.41) is 5.22. The number of nitrogens with zero attached hydrogens (tertiary/aromatic N) is 3. The maximum absolute atomic E-state index is 5.41. The van der Waals surface area contributed by atoms with Gasteiger partial charge in [0.1, 0.15) is 8.07 Å². The molecule has 3 heterocycles. The molecule has 4 heteroatoms. The molecule has 246 valence electrons. The highest BCUT2D eigenvalue weighted by molar-refractivity contribution is 7.04. The highest BCUT2D eigenvalue weighted by Crippen LogP contribution is 2.40. The molecule has 3 nitrogen and oxygen atoms in total. The largest absolute Gasteiger partial charge is 0.309 e. The van der Waals surface area contributed by atoms with Crippen molar-refractivity contribution in [2.75, 3.05) is 0 Å². The van der Waals surface area contributed by atoms with Crippen LogP contribution in [0.4, 0.5) is 0 Å². The van der Waals surface area contributed by atoms with Gasteiger partial charge >= 0.3 is 0 Å². The van der Waals surface area contributed by atoms with Gasteiger partial charge in [0.15, 0.2) is 5.82 Å². The number of hydrogen-bond acceptors (Lipinski definition) is 2. The zero-order valence-electron chi connectivity index (χ0n) is 29.1. The van der Waals surface area contributed by atoms with Gasteiger partial charge in [-0.25, -0.2) is 9.97 Å². The molecule has 0 amide bonds. The summed E-state index contributed by atoms with van der Waals surface area (Å²) in [5.41, 5.74) is 13.8. The van der Waals surface area contributed by atoms with Gasteiger partial charge in [-0.05, 0) is 68.5 Å². The van der Waals surface area contributed by atoms with E-state index in [2.05, 4.69) is 194 Å². The third-order valence-corrected chi connectivity index (χ3v) is 14.3. The second kappa shape index (κ2) is 11.9.